The Bertz CT molecular complexity index is 902. The molecule has 0 bridgehead atoms. The fourth-order valence-corrected chi connectivity index (χ4v) is 3.43. The van der Waals surface area contributed by atoms with Crippen molar-refractivity contribution in [1.82, 2.24) is 19.4 Å². The van der Waals surface area contributed by atoms with Crippen LogP contribution in [0.25, 0.3) is 11.0 Å². The van der Waals surface area contributed by atoms with E-state index in [0.29, 0.717) is 28.5 Å². The van der Waals surface area contributed by atoms with E-state index in [9.17, 15) is 14.7 Å². The molecule has 3 rings (SSSR count). The quantitative estimate of drug-likeness (QED) is 0.797. The molecule has 26 heavy (non-hydrogen) atoms. The third-order valence-electron chi connectivity index (χ3n) is 4.62. The van der Waals surface area contributed by atoms with E-state index in [4.69, 9.17) is 16.3 Å². The van der Waals surface area contributed by atoms with Crippen LogP contribution in [0.5, 0.6) is 0 Å². The van der Waals surface area contributed by atoms with Crippen LogP contribution in [0.2, 0.25) is 5.15 Å². The van der Waals surface area contributed by atoms with Crippen molar-refractivity contribution >= 4 is 34.5 Å². The first-order valence-electron chi connectivity index (χ1n) is 8.12. The third kappa shape index (κ3) is 3.19. The molecule has 0 spiro atoms. The molecule has 1 N–H and O–H groups in total. The molecule has 3 heterocycles. The van der Waals surface area contributed by atoms with Gasteiger partial charge in [0.1, 0.15) is 10.7 Å². The molecule has 2 atom stereocenters. The second-order valence-electron chi connectivity index (χ2n) is 6.32. The highest BCUT2D eigenvalue weighted by Crippen LogP contribution is 2.28. The number of piperazine rings is 1. The number of halogens is 1. The lowest BCUT2D eigenvalue weighted by molar-refractivity contribution is 0.0912. The number of pyridine rings is 1. The first kappa shape index (κ1) is 18.4. The Labute approximate surface area is 154 Å². The number of fused-ring (bicyclic) bond motifs is 1. The van der Waals surface area contributed by atoms with Crippen molar-refractivity contribution in [3.8, 4) is 0 Å². The molecule has 140 valence electrons. The van der Waals surface area contributed by atoms with Crippen LogP contribution in [0, 0.1) is 0 Å². The molecular weight excluding hydrogens is 362 g/mol. The van der Waals surface area contributed by atoms with Gasteiger partial charge in [0.2, 0.25) is 0 Å². The van der Waals surface area contributed by atoms with Gasteiger partial charge in [-0.1, -0.05) is 11.6 Å². The van der Waals surface area contributed by atoms with Crippen LogP contribution in [0.3, 0.4) is 0 Å². The van der Waals surface area contributed by atoms with E-state index < -0.39 is 11.8 Å². The maximum absolute atomic E-state index is 12.3. The smallest absolute Gasteiger partial charge is 0.407 e. The van der Waals surface area contributed by atoms with Crippen LogP contribution in [-0.2, 0) is 11.8 Å². The second kappa shape index (κ2) is 7.08. The van der Waals surface area contributed by atoms with E-state index in [1.165, 1.54) is 9.47 Å². The molecule has 2 aromatic heterocycles. The summed E-state index contributed by atoms with van der Waals surface area (Å²) < 4.78 is 6.67. The molecule has 1 aliphatic heterocycles. The Hall–Kier alpha value is -2.39. The van der Waals surface area contributed by atoms with E-state index in [2.05, 4.69) is 9.97 Å². The first-order valence-corrected chi connectivity index (χ1v) is 8.49. The SMILES string of the molecule is COC[C@H]1CN(C(=O)O)[C@H](C)CN1c1nc(=O)n(C)c2ccc(Cl)nc12. The lowest BCUT2D eigenvalue weighted by Gasteiger charge is -2.44. The molecule has 1 amide bonds. The lowest BCUT2D eigenvalue weighted by atomic mass is 10.1. The normalized spacial score (nSPS) is 20.6. The number of amides is 1. The van der Waals surface area contributed by atoms with Gasteiger partial charge >= 0.3 is 11.8 Å². The number of anilines is 1. The van der Waals surface area contributed by atoms with Gasteiger partial charge in [0.25, 0.3) is 0 Å². The summed E-state index contributed by atoms with van der Waals surface area (Å²) >= 11 is 6.06. The summed E-state index contributed by atoms with van der Waals surface area (Å²) in [5.74, 6) is 0.393. The molecule has 1 saturated heterocycles. The lowest BCUT2D eigenvalue weighted by Crippen LogP contribution is -2.60. The highest BCUT2D eigenvalue weighted by Gasteiger charge is 2.36. The van der Waals surface area contributed by atoms with Gasteiger partial charge in [0.15, 0.2) is 5.82 Å². The summed E-state index contributed by atoms with van der Waals surface area (Å²) in [5, 5.41) is 9.70. The summed E-state index contributed by atoms with van der Waals surface area (Å²) in [6.45, 7) is 2.70. The summed E-state index contributed by atoms with van der Waals surface area (Å²) in [7, 11) is 3.17. The molecule has 0 radical (unpaired) electrons. The number of carboxylic acid groups (broad SMARTS) is 1. The molecule has 0 unspecified atom stereocenters. The predicted molar refractivity (Wildman–Crippen MR) is 97.0 cm³/mol. The number of nitrogens with zero attached hydrogens (tertiary/aromatic N) is 5. The summed E-state index contributed by atoms with van der Waals surface area (Å²) in [5.41, 5.74) is 0.687. The minimum Gasteiger partial charge on any atom is -0.465 e. The van der Waals surface area contributed by atoms with Crippen molar-refractivity contribution in [3.05, 3.63) is 27.8 Å². The topological polar surface area (TPSA) is 101 Å². The number of methoxy groups -OCH3 is 1. The Morgan fingerprint density at radius 3 is 2.77 bits per heavy atom. The largest absolute Gasteiger partial charge is 0.465 e. The van der Waals surface area contributed by atoms with Crippen LogP contribution in [-0.4, -0.2) is 69.5 Å². The monoisotopic (exact) mass is 381 g/mol. The maximum atomic E-state index is 12.3. The number of ether oxygens (including phenoxy) is 1. The molecule has 1 fully saturated rings. The fourth-order valence-electron chi connectivity index (χ4n) is 3.28. The minimum atomic E-state index is -0.985. The van der Waals surface area contributed by atoms with Gasteiger partial charge in [-0.25, -0.2) is 14.6 Å². The van der Waals surface area contributed by atoms with Crippen LogP contribution < -0.4 is 10.6 Å². The van der Waals surface area contributed by atoms with Crippen molar-refractivity contribution in [2.45, 2.75) is 19.0 Å². The van der Waals surface area contributed by atoms with Crippen molar-refractivity contribution in [1.29, 1.82) is 0 Å². The standard InChI is InChI=1S/C16H20ClN5O4/c1-9-6-22(10(8-26-3)7-21(9)16(24)25)14-13-11(4-5-12(17)18-13)20(2)15(23)19-14/h4-5,9-10H,6-8H2,1-3H3,(H,24,25)/t9-,10-/m1/s1. The average molecular weight is 382 g/mol. The van der Waals surface area contributed by atoms with Crippen molar-refractivity contribution in [3.63, 3.8) is 0 Å². The van der Waals surface area contributed by atoms with Crippen molar-refractivity contribution < 1.29 is 14.6 Å². The van der Waals surface area contributed by atoms with Gasteiger partial charge in [-0.15, -0.1) is 0 Å². The van der Waals surface area contributed by atoms with Gasteiger partial charge in [0.05, 0.1) is 18.2 Å². The molecule has 1 aliphatic rings. The number of aromatic nitrogens is 3. The van der Waals surface area contributed by atoms with Crippen LogP contribution in [0.1, 0.15) is 6.92 Å². The maximum Gasteiger partial charge on any atom is 0.407 e. The van der Waals surface area contributed by atoms with Gasteiger partial charge in [0, 0.05) is 33.3 Å². The van der Waals surface area contributed by atoms with Gasteiger partial charge in [-0.3, -0.25) is 4.57 Å². The summed E-state index contributed by atoms with van der Waals surface area (Å²) in [4.78, 5) is 35.6. The molecule has 9 nitrogen and oxygen atoms in total. The predicted octanol–water partition coefficient (Wildman–Crippen LogP) is 1.19. The van der Waals surface area contributed by atoms with Crippen molar-refractivity contribution in [2.75, 3.05) is 31.7 Å². The minimum absolute atomic E-state index is 0.239. The average Bonchev–Trinajstić information content (AvgIpc) is 2.59. The number of rotatable bonds is 3. The summed E-state index contributed by atoms with van der Waals surface area (Å²) in [6, 6.07) is 2.76. The zero-order valence-corrected chi connectivity index (χ0v) is 15.5. The van der Waals surface area contributed by atoms with E-state index in [1.54, 1.807) is 26.3 Å². The molecular formula is C16H20ClN5O4. The third-order valence-corrected chi connectivity index (χ3v) is 4.83. The first-order chi connectivity index (χ1) is 12.3. The Morgan fingerprint density at radius 2 is 2.12 bits per heavy atom. The number of hydrogen-bond donors (Lipinski definition) is 1. The van der Waals surface area contributed by atoms with Crippen LogP contribution >= 0.6 is 11.6 Å². The van der Waals surface area contributed by atoms with E-state index in [0.717, 1.165) is 0 Å². The Kier molecular flexibility index (Phi) is 5.01. The van der Waals surface area contributed by atoms with Crippen molar-refractivity contribution in [2.24, 2.45) is 7.05 Å². The van der Waals surface area contributed by atoms with Crippen LogP contribution in [0.4, 0.5) is 10.6 Å². The zero-order chi connectivity index (χ0) is 19.0. The second-order valence-corrected chi connectivity index (χ2v) is 6.71. The van der Waals surface area contributed by atoms with Gasteiger partial charge < -0.3 is 19.6 Å². The molecule has 0 aromatic carbocycles. The van der Waals surface area contributed by atoms with E-state index >= 15 is 0 Å². The van der Waals surface area contributed by atoms with Gasteiger partial charge in [-0.2, -0.15) is 4.98 Å². The van der Waals surface area contributed by atoms with Crippen LogP contribution in [0.15, 0.2) is 16.9 Å². The number of hydrogen-bond acceptors (Lipinski definition) is 6. The fraction of sp³-hybridized carbons (Fsp3) is 0.500. The number of aryl methyl sites for hydroxylation is 1. The Balaban J connectivity index is 2.14. The number of carbonyl (C=O) groups is 1. The molecule has 2 aromatic rings. The highest BCUT2D eigenvalue weighted by atomic mass is 35.5. The molecule has 0 aliphatic carbocycles. The molecule has 10 heteroatoms. The Morgan fingerprint density at radius 1 is 1.38 bits per heavy atom. The zero-order valence-electron chi connectivity index (χ0n) is 14.7. The van der Waals surface area contributed by atoms with Gasteiger partial charge in [-0.05, 0) is 19.1 Å². The van der Waals surface area contributed by atoms with E-state index in [-0.39, 0.29) is 25.2 Å². The highest BCUT2D eigenvalue weighted by molar-refractivity contribution is 6.29. The molecule has 0 saturated carbocycles. The van der Waals surface area contributed by atoms with E-state index in [1.807, 2.05) is 11.8 Å². The summed E-state index contributed by atoms with van der Waals surface area (Å²) in [6.07, 6.45) is -0.985.